The zero-order valence-electron chi connectivity index (χ0n) is 21.3. The fourth-order valence-electron chi connectivity index (χ4n) is 3.27. The summed E-state index contributed by atoms with van der Waals surface area (Å²) in [6.07, 6.45) is 4.68. The number of nitrogens with one attached hydrogen (secondary N) is 3. The van der Waals surface area contributed by atoms with Crippen LogP contribution in [0.5, 0.6) is 0 Å². The van der Waals surface area contributed by atoms with Crippen molar-refractivity contribution in [2.24, 2.45) is 5.11 Å². The first-order valence-electron chi connectivity index (χ1n) is 11.9. The molecule has 3 rings (SSSR count). The molecule has 0 spiro atoms. The van der Waals surface area contributed by atoms with Gasteiger partial charge in [-0.3, -0.25) is 4.79 Å². The molecule has 1 aromatic heterocycles. The number of aryl methyl sites for hydroxylation is 1. The first-order valence-corrected chi connectivity index (χ1v) is 11.9. The summed E-state index contributed by atoms with van der Waals surface area (Å²) in [4.78, 5) is 25.5. The van der Waals surface area contributed by atoms with Gasteiger partial charge in [0.1, 0.15) is 23.8 Å². The van der Waals surface area contributed by atoms with Gasteiger partial charge in [-0.25, -0.2) is 14.4 Å². The number of hydrogen-bond acceptors (Lipinski definition) is 8. The number of carbonyl (C=O) groups is 1. The molecule has 2 aromatic carbocycles. The topological polar surface area (TPSA) is 140 Å². The average Bonchev–Trinajstić information content (AvgIpc) is 2.89. The molecule has 198 valence electrons. The van der Waals surface area contributed by atoms with E-state index in [2.05, 4.69) is 35.9 Å². The molecule has 3 aromatic rings. The second kappa shape index (κ2) is 14.9. The smallest absolute Gasteiger partial charge is 0.248 e. The Bertz CT molecular complexity index is 1300. The fraction of sp³-hybridized carbons (Fsp3) is 0.269. The summed E-state index contributed by atoms with van der Waals surface area (Å²) < 4.78 is 18.9. The van der Waals surface area contributed by atoms with Crippen LogP contribution in [0.4, 0.5) is 33.1 Å². The minimum Gasteiger partial charge on any atom is -0.380 e. The molecule has 0 unspecified atom stereocenters. The fourth-order valence-corrected chi connectivity index (χ4v) is 3.27. The summed E-state index contributed by atoms with van der Waals surface area (Å²) in [5, 5.41) is 12.6. The molecule has 12 heteroatoms. The van der Waals surface area contributed by atoms with Crippen LogP contribution >= 0.6 is 0 Å². The van der Waals surface area contributed by atoms with E-state index in [0.717, 1.165) is 5.69 Å². The van der Waals surface area contributed by atoms with Gasteiger partial charge in [-0.15, -0.1) is 0 Å². The summed E-state index contributed by atoms with van der Waals surface area (Å²) in [7, 11) is 1.92. The number of rotatable bonds is 14. The molecule has 0 aliphatic rings. The Balaban J connectivity index is 1.48. The van der Waals surface area contributed by atoms with E-state index in [9.17, 15) is 9.18 Å². The number of anilines is 5. The quantitative estimate of drug-likeness (QED) is 0.0878. The van der Waals surface area contributed by atoms with E-state index in [1.54, 1.807) is 43.3 Å². The van der Waals surface area contributed by atoms with E-state index in [4.69, 9.17) is 10.3 Å². The highest BCUT2D eigenvalue weighted by molar-refractivity contribution is 5.99. The van der Waals surface area contributed by atoms with E-state index < -0.39 is 0 Å². The van der Waals surface area contributed by atoms with Crippen LogP contribution in [0, 0.1) is 12.7 Å². The minimum absolute atomic E-state index is 0.246. The second-order valence-electron chi connectivity index (χ2n) is 8.30. The van der Waals surface area contributed by atoms with Crippen LogP contribution in [0.15, 0.2) is 72.1 Å². The van der Waals surface area contributed by atoms with Crippen LogP contribution in [0.25, 0.3) is 10.4 Å². The van der Waals surface area contributed by atoms with Crippen molar-refractivity contribution in [3.05, 3.63) is 88.8 Å². The van der Waals surface area contributed by atoms with E-state index >= 15 is 0 Å². The number of aromatic nitrogens is 2. The lowest BCUT2D eigenvalue weighted by molar-refractivity contribution is -0.111. The molecule has 3 N–H and O–H groups in total. The third kappa shape index (κ3) is 9.86. The number of carbonyl (C=O) groups excluding carboxylic acids is 1. The number of nitrogens with zero attached hydrogens (tertiary/aromatic N) is 6. The van der Waals surface area contributed by atoms with Crippen LogP contribution in [0.3, 0.4) is 0 Å². The predicted molar refractivity (Wildman–Crippen MR) is 146 cm³/mol. The number of hydrogen-bond donors (Lipinski definition) is 3. The molecule has 1 heterocycles. The van der Waals surface area contributed by atoms with Gasteiger partial charge in [-0.05, 0) is 61.5 Å². The molecule has 1 amide bonds. The summed E-state index contributed by atoms with van der Waals surface area (Å²) >= 11 is 0. The van der Waals surface area contributed by atoms with Crippen molar-refractivity contribution in [1.82, 2.24) is 14.9 Å². The number of azide groups is 1. The molecule has 0 fully saturated rings. The molecule has 11 nitrogen and oxygen atoms in total. The van der Waals surface area contributed by atoms with Gasteiger partial charge in [-0.2, -0.15) is 0 Å². The molecular weight excluding hydrogens is 489 g/mol. The third-order valence-corrected chi connectivity index (χ3v) is 5.20. The van der Waals surface area contributed by atoms with E-state index in [0.29, 0.717) is 61.4 Å². The first-order chi connectivity index (χ1) is 18.4. The molecule has 38 heavy (non-hydrogen) atoms. The van der Waals surface area contributed by atoms with Gasteiger partial charge in [0.2, 0.25) is 5.91 Å². The maximum Gasteiger partial charge on any atom is 0.248 e. The lowest BCUT2D eigenvalue weighted by Crippen LogP contribution is -2.24. The zero-order chi connectivity index (χ0) is 27.2. The summed E-state index contributed by atoms with van der Waals surface area (Å²) in [5.41, 5.74) is 10.8. The Morgan fingerprint density at radius 3 is 2.58 bits per heavy atom. The lowest BCUT2D eigenvalue weighted by Gasteiger charge is -2.14. The molecule has 0 saturated heterocycles. The van der Waals surface area contributed by atoms with E-state index in [1.807, 2.05) is 24.1 Å². The second-order valence-corrected chi connectivity index (χ2v) is 8.30. The number of likely N-dealkylation sites (N-methyl/N-ethyl adjacent to an activating group) is 1. The lowest BCUT2D eigenvalue weighted by atomic mass is 10.2. The highest BCUT2D eigenvalue weighted by Gasteiger charge is 2.05. The molecule has 0 atom stereocenters. The van der Waals surface area contributed by atoms with Crippen molar-refractivity contribution >= 4 is 34.6 Å². The molecule has 0 aliphatic heterocycles. The standard InChI is InChI=1S/C26H30FN9O2/c1-19-15-22(8-9-23(19)27)33-25-17-24(29-18-30-25)32-20-5-3-6-21(16-20)34-26(37)7-4-11-36(2)12-14-38-13-10-31-35-28/h3-9,15-18H,10-14H2,1-2H3,(H,34,37)(H2,29,30,32,33)/b7-4+. The van der Waals surface area contributed by atoms with Crippen molar-refractivity contribution in [3.8, 4) is 0 Å². The van der Waals surface area contributed by atoms with Crippen molar-refractivity contribution in [1.29, 1.82) is 0 Å². The van der Waals surface area contributed by atoms with Gasteiger partial charge in [0.05, 0.1) is 13.2 Å². The number of ether oxygens (including phenoxy) is 1. The Kier molecular flexibility index (Phi) is 11.0. The SMILES string of the molecule is Cc1cc(Nc2cc(Nc3cccc(NC(=O)/C=C/CN(C)CCOCCN=[N+]=[N-])c3)ncn2)ccc1F. The molecular formula is C26H30FN9O2. The number of benzene rings is 2. The summed E-state index contributed by atoms with van der Waals surface area (Å²) in [6, 6.07) is 13.7. The summed E-state index contributed by atoms with van der Waals surface area (Å²) in [5.74, 6) is 0.587. The normalized spacial score (nSPS) is 10.8. The maximum atomic E-state index is 13.5. The van der Waals surface area contributed by atoms with Crippen LogP contribution < -0.4 is 16.0 Å². The number of halogens is 1. The van der Waals surface area contributed by atoms with Gasteiger partial charge < -0.3 is 25.6 Å². The minimum atomic E-state index is -0.266. The summed E-state index contributed by atoms with van der Waals surface area (Å²) in [6.45, 7) is 4.16. The first kappa shape index (κ1) is 28.1. The van der Waals surface area contributed by atoms with Gasteiger partial charge in [0.15, 0.2) is 0 Å². The predicted octanol–water partition coefficient (Wildman–Crippen LogP) is 5.16. The molecule has 0 radical (unpaired) electrons. The van der Waals surface area contributed by atoms with Crippen LogP contribution in [-0.4, -0.2) is 60.7 Å². The van der Waals surface area contributed by atoms with Gasteiger partial charge in [-0.1, -0.05) is 17.3 Å². The van der Waals surface area contributed by atoms with Crippen molar-refractivity contribution in [3.63, 3.8) is 0 Å². The Labute approximate surface area is 220 Å². The van der Waals surface area contributed by atoms with E-state index in [1.165, 1.54) is 18.5 Å². The van der Waals surface area contributed by atoms with Crippen molar-refractivity contribution < 1.29 is 13.9 Å². The van der Waals surface area contributed by atoms with Crippen LogP contribution in [-0.2, 0) is 9.53 Å². The average molecular weight is 520 g/mol. The van der Waals surface area contributed by atoms with Gasteiger partial charge >= 0.3 is 0 Å². The Hall–Kier alpha value is -4.51. The number of amides is 1. The van der Waals surface area contributed by atoms with Gasteiger partial charge in [0, 0.05) is 53.8 Å². The Morgan fingerprint density at radius 2 is 1.84 bits per heavy atom. The largest absolute Gasteiger partial charge is 0.380 e. The third-order valence-electron chi connectivity index (χ3n) is 5.20. The highest BCUT2D eigenvalue weighted by Crippen LogP contribution is 2.22. The highest BCUT2D eigenvalue weighted by atomic mass is 19.1. The zero-order valence-corrected chi connectivity index (χ0v) is 21.3. The van der Waals surface area contributed by atoms with Crippen molar-refractivity contribution in [2.45, 2.75) is 6.92 Å². The monoisotopic (exact) mass is 519 g/mol. The molecule has 0 aliphatic carbocycles. The maximum absolute atomic E-state index is 13.5. The molecule has 0 bridgehead atoms. The van der Waals surface area contributed by atoms with Crippen LogP contribution in [0.2, 0.25) is 0 Å². The van der Waals surface area contributed by atoms with Crippen LogP contribution in [0.1, 0.15) is 5.56 Å². The van der Waals surface area contributed by atoms with Crippen molar-refractivity contribution in [2.75, 3.05) is 55.8 Å². The molecule has 0 saturated carbocycles. The van der Waals surface area contributed by atoms with Gasteiger partial charge in [0.25, 0.3) is 0 Å². The Morgan fingerprint density at radius 1 is 1.11 bits per heavy atom. The van der Waals surface area contributed by atoms with E-state index in [-0.39, 0.29) is 11.7 Å².